The van der Waals surface area contributed by atoms with E-state index in [9.17, 15) is 0 Å². The van der Waals surface area contributed by atoms with Gasteiger partial charge < -0.3 is 4.57 Å². The molecule has 1 heterocycles. The molecule has 0 fully saturated rings. The standard InChI is InChI=1S/C40H70N2/c1-3-5-7-9-11-13-14-15-16-17-18-19-20-21-23-28-32-39(36-38-30-26-25-27-31-38)40(42-35-34-41-37-42)33-29-24-22-12-10-8-6-4-2/h25-27,30-31,34-35,37,39-40H,3-24,28-29,32-33,36H2,1-2H3. The molecule has 0 spiro atoms. The Labute approximate surface area is 262 Å². The summed E-state index contributed by atoms with van der Waals surface area (Å²) in [6.07, 6.45) is 44.3. The summed E-state index contributed by atoms with van der Waals surface area (Å²) in [7, 11) is 0. The van der Waals surface area contributed by atoms with Crippen LogP contribution in [0.3, 0.4) is 0 Å². The molecule has 0 bridgehead atoms. The topological polar surface area (TPSA) is 17.8 Å². The predicted molar refractivity (Wildman–Crippen MR) is 186 cm³/mol. The third kappa shape index (κ3) is 18.9. The number of hydrogen-bond donors (Lipinski definition) is 0. The summed E-state index contributed by atoms with van der Waals surface area (Å²) in [5, 5.41) is 0. The lowest BCUT2D eigenvalue weighted by molar-refractivity contribution is 0.275. The van der Waals surface area contributed by atoms with Crippen LogP contribution in [0.15, 0.2) is 49.1 Å². The average molecular weight is 579 g/mol. The van der Waals surface area contributed by atoms with E-state index in [0.29, 0.717) is 12.0 Å². The molecule has 0 saturated heterocycles. The fourth-order valence-corrected chi connectivity index (χ4v) is 6.88. The molecule has 0 aliphatic carbocycles. The third-order valence-electron chi connectivity index (χ3n) is 9.57. The van der Waals surface area contributed by atoms with Crippen molar-refractivity contribution >= 4 is 0 Å². The Morgan fingerprint density at radius 2 is 0.952 bits per heavy atom. The van der Waals surface area contributed by atoms with Crippen LogP contribution in [0.2, 0.25) is 0 Å². The number of aromatic nitrogens is 2. The van der Waals surface area contributed by atoms with Gasteiger partial charge in [-0.05, 0) is 30.7 Å². The maximum absolute atomic E-state index is 4.46. The quantitative estimate of drug-likeness (QED) is 0.0843. The number of nitrogens with zero attached hydrogens (tertiary/aromatic N) is 2. The second kappa shape index (κ2) is 27.0. The molecule has 1 aromatic carbocycles. The van der Waals surface area contributed by atoms with Crippen LogP contribution in [0.5, 0.6) is 0 Å². The molecular formula is C40H70N2. The first-order chi connectivity index (χ1) is 20.8. The summed E-state index contributed by atoms with van der Waals surface area (Å²) in [6, 6.07) is 11.8. The van der Waals surface area contributed by atoms with Gasteiger partial charge in [-0.3, -0.25) is 0 Å². The normalized spacial score (nSPS) is 13.0. The maximum Gasteiger partial charge on any atom is 0.0948 e. The van der Waals surface area contributed by atoms with Crippen LogP contribution in [-0.4, -0.2) is 9.55 Å². The lowest BCUT2D eigenvalue weighted by Gasteiger charge is -2.29. The van der Waals surface area contributed by atoms with Gasteiger partial charge in [0.25, 0.3) is 0 Å². The van der Waals surface area contributed by atoms with Gasteiger partial charge >= 0.3 is 0 Å². The van der Waals surface area contributed by atoms with Gasteiger partial charge in [-0.25, -0.2) is 4.98 Å². The Hall–Kier alpha value is -1.57. The van der Waals surface area contributed by atoms with E-state index in [2.05, 4.69) is 66.3 Å². The minimum absolute atomic E-state index is 0.573. The zero-order valence-electron chi connectivity index (χ0n) is 28.3. The number of hydrogen-bond acceptors (Lipinski definition) is 1. The summed E-state index contributed by atoms with van der Waals surface area (Å²) in [4.78, 5) is 4.46. The van der Waals surface area contributed by atoms with Gasteiger partial charge in [0.05, 0.1) is 6.33 Å². The predicted octanol–water partition coefficient (Wildman–Crippen LogP) is 13.5. The van der Waals surface area contributed by atoms with E-state index in [4.69, 9.17) is 0 Å². The van der Waals surface area contributed by atoms with Gasteiger partial charge in [0, 0.05) is 18.4 Å². The minimum Gasteiger partial charge on any atom is -0.334 e. The van der Waals surface area contributed by atoms with E-state index in [1.165, 1.54) is 179 Å². The second-order valence-corrected chi connectivity index (χ2v) is 13.4. The van der Waals surface area contributed by atoms with Gasteiger partial charge in [-0.1, -0.05) is 198 Å². The highest BCUT2D eigenvalue weighted by molar-refractivity contribution is 5.15. The average Bonchev–Trinajstić information content (AvgIpc) is 3.55. The first-order valence-corrected chi connectivity index (χ1v) is 18.9. The Morgan fingerprint density at radius 3 is 1.38 bits per heavy atom. The van der Waals surface area contributed by atoms with Crippen LogP contribution in [0.25, 0.3) is 0 Å². The van der Waals surface area contributed by atoms with Crippen molar-refractivity contribution in [2.24, 2.45) is 5.92 Å². The molecule has 2 nitrogen and oxygen atoms in total. The van der Waals surface area contributed by atoms with Crippen molar-refractivity contribution in [3.8, 4) is 0 Å². The molecule has 240 valence electrons. The molecule has 42 heavy (non-hydrogen) atoms. The fourth-order valence-electron chi connectivity index (χ4n) is 6.88. The van der Waals surface area contributed by atoms with Crippen molar-refractivity contribution in [3.63, 3.8) is 0 Å². The first kappa shape index (κ1) is 36.6. The molecule has 0 aliphatic heterocycles. The molecule has 2 rings (SSSR count). The van der Waals surface area contributed by atoms with Gasteiger partial charge in [-0.15, -0.1) is 0 Å². The Morgan fingerprint density at radius 1 is 0.524 bits per heavy atom. The summed E-state index contributed by atoms with van der Waals surface area (Å²) in [5.41, 5.74) is 1.50. The minimum atomic E-state index is 0.573. The number of rotatable bonds is 30. The Kier molecular flexibility index (Phi) is 23.6. The van der Waals surface area contributed by atoms with Crippen LogP contribution in [0.1, 0.15) is 192 Å². The molecule has 2 aromatic rings. The Balaban J connectivity index is 1.66. The monoisotopic (exact) mass is 579 g/mol. The number of imidazole rings is 1. The molecule has 1 aromatic heterocycles. The van der Waals surface area contributed by atoms with Crippen LogP contribution >= 0.6 is 0 Å². The van der Waals surface area contributed by atoms with Gasteiger partial charge in [-0.2, -0.15) is 0 Å². The van der Waals surface area contributed by atoms with Crippen molar-refractivity contribution in [1.82, 2.24) is 9.55 Å². The Bertz CT molecular complexity index is 783. The first-order valence-electron chi connectivity index (χ1n) is 18.9. The highest BCUT2D eigenvalue weighted by Gasteiger charge is 2.23. The molecule has 2 atom stereocenters. The van der Waals surface area contributed by atoms with Gasteiger partial charge in [0.2, 0.25) is 0 Å². The van der Waals surface area contributed by atoms with E-state index >= 15 is 0 Å². The van der Waals surface area contributed by atoms with Crippen LogP contribution in [0.4, 0.5) is 0 Å². The number of benzene rings is 1. The molecule has 0 aliphatic rings. The highest BCUT2D eigenvalue weighted by Crippen LogP contribution is 2.32. The molecule has 2 unspecified atom stereocenters. The van der Waals surface area contributed by atoms with Crippen LogP contribution < -0.4 is 0 Å². The van der Waals surface area contributed by atoms with Crippen molar-refractivity contribution in [2.45, 2.75) is 193 Å². The summed E-state index contributed by atoms with van der Waals surface area (Å²) in [6.45, 7) is 4.61. The van der Waals surface area contributed by atoms with Crippen molar-refractivity contribution in [1.29, 1.82) is 0 Å². The molecule has 2 heteroatoms. The summed E-state index contributed by atoms with van der Waals surface area (Å²) >= 11 is 0. The van der Waals surface area contributed by atoms with E-state index in [-0.39, 0.29) is 0 Å². The zero-order valence-corrected chi connectivity index (χ0v) is 28.3. The molecule has 0 radical (unpaired) electrons. The zero-order chi connectivity index (χ0) is 29.8. The van der Waals surface area contributed by atoms with Gasteiger partial charge in [0.15, 0.2) is 0 Å². The largest absolute Gasteiger partial charge is 0.334 e. The van der Waals surface area contributed by atoms with Crippen molar-refractivity contribution < 1.29 is 0 Å². The molecular weight excluding hydrogens is 508 g/mol. The number of unbranched alkanes of at least 4 members (excludes halogenated alkanes) is 22. The van der Waals surface area contributed by atoms with Crippen molar-refractivity contribution in [2.75, 3.05) is 0 Å². The third-order valence-corrected chi connectivity index (χ3v) is 9.57. The summed E-state index contributed by atoms with van der Waals surface area (Å²) < 4.78 is 2.45. The highest BCUT2D eigenvalue weighted by atomic mass is 15.1. The lowest BCUT2D eigenvalue weighted by atomic mass is 9.84. The van der Waals surface area contributed by atoms with E-state index < -0.39 is 0 Å². The maximum atomic E-state index is 4.46. The molecule has 0 saturated carbocycles. The smallest absolute Gasteiger partial charge is 0.0948 e. The molecule has 0 amide bonds. The van der Waals surface area contributed by atoms with Crippen molar-refractivity contribution in [3.05, 3.63) is 54.6 Å². The van der Waals surface area contributed by atoms with E-state index in [1.807, 2.05) is 6.20 Å². The lowest BCUT2D eigenvalue weighted by Crippen LogP contribution is -2.21. The van der Waals surface area contributed by atoms with E-state index in [1.54, 1.807) is 0 Å². The van der Waals surface area contributed by atoms with E-state index in [0.717, 1.165) is 0 Å². The molecule has 0 N–H and O–H groups in total. The fraction of sp³-hybridized carbons (Fsp3) is 0.775. The second-order valence-electron chi connectivity index (χ2n) is 13.4. The van der Waals surface area contributed by atoms with Crippen LogP contribution in [-0.2, 0) is 6.42 Å². The SMILES string of the molecule is CCCCCCCCCCCCCCCCCCC(Cc1ccccc1)C(CCCCCCCCCC)n1ccnc1. The van der Waals surface area contributed by atoms with Gasteiger partial charge in [0.1, 0.15) is 0 Å². The van der Waals surface area contributed by atoms with Crippen LogP contribution in [0, 0.1) is 5.92 Å². The summed E-state index contributed by atoms with van der Waals surface area (Å²) in [5.74, 6) is 0.692.